The Morgan fingerprint density at radius 2 is 2.00 bits per heavy atom. The fraction of sp³-hybridized carbons (Fsp3) is 0.455. The molecular weight excluding hydrogens is 240 g/mol. The van der Waals surface area contributed by atoms with E-state index in [4.69, 9.17) is 10.5 Å². The number of anilines is 1. The molecule has 0 spiro atoms. The normalized spacial score (nSPS) is 11.9. The second-order valence-electron chi connectivity index (χ2n) is 3.71. The van der Waals surface area contributed by atoms with Gasteiger partial charge in [0.2, 0.25) is 10.0 Å². The molecule has 0 fully saturated rings. The number of nitrogens with two attached hydrogens (primary N) is 1. The summed E-state index contributed by atoms with van der Waals surface area (Å²) in [6.07, 6.45) is 0.652. The third-order valence-corrected chi connectivity index (χ3v) is 4.36. The van der Waals surface area contributed by atoms with Gasteiger partial charge < -0.3 is 10.5 Å². The molecule has 0 atom stereocenters. The zero-order valence-corrected chi connectivity index (χ0v) is 10.9. The molecule has 0 aromatic heterocycles. The number of methoxy groups -OCH3 is 1. The van der Waals surface area contributed by atoms with Crippen molar-refractivity contribution in [2.45, 2.75) is 11.3 Å². The molecule has 0 aliphatic rings. The zero-order valence-electron chi connectivity index (χ0n) is 10.1. The first-order valence-electron chi connectivity index (χ1n) is 5.30. The lowest BCUT2D eigenvalue weighted by Crippen LogP contribution is -2.29. The number of hydrogen-bond acceptors (Lipinski definition) is 4. The molecule has 0 aliphatic carbocycles. The van der Waals surface area contributed by atoms with E-state index in [-0.39, 0.29) is 10.6 Å². The lowest BCUT2D eigenvalue weighted by Gasteiger charge is -2.17. The van der Waals surface area contributed by atoms with E-state index >= 15 is 0 Å². The van der Waals surface area contributed by atoms with E-state index in [1.54, 1.807) is 25.3 Å². The van der Waals surface area contributed by atoms with Crippen molar-refractivity contribution in [2.75, 3.05) is 33.0 Å². The minimum absolute atomic E-state index is 0.153. The van der Waals surface area contributed by atoms with E-state index in [1.165, 1.54) is 17.4 Å². The lowest BCUT2D eigenvalue weighted by molar-refractivity contribution is 0.189. The topological polar surface area (TPSA) is 72.6 Å². The van der Waals surface area contributed by atoms with Crippen LogP contribution in [0.2, 0.25) is 0 Å². The molecule has 0 radical (unpaired) electrons. The first kappa shape index (κ1) is 14.0. The van der Waals surface area contributed by atoms with Crippen molar-refractivity contribution >= 4 is 15.7 Å². The monoisotopic (exact) mass is 258 g/mol. The van der Waals surface area contributed by atoms with Crippen LogP contribution in [0.1, 0.15) is 6.42 Å². The summed E-state index contributed by atoms with van der Waals surface area (Å²) in [6.45, 7) is 0.939. The maximum atomic E-state index is 12.2. The molecule has 0 amide bonds. The van der Waals surface area contributed by atoms with Crippen molar-refractivity contribution in [1.82, 2.24) is 4.31 Å². The maximum absolute atomic E-state index is 12.2. The lowest BCUT2D eigenvalue weighted by atomic mass is 10.3. The van der Waals surface area contributed by atoms with Crippen LogP contribution < -0.4 is 5.73 Å². The van der Waals surface area contributed by atoms with Gasteiger partial charge in [-0.3, -0.25) is 0 Å². The molecule has 0 heterocycles. The van der Waals surface area contributed by atoms with Crippen LogP contribution in [-0.2, 0) is 14.8 Å². The molecule has 0 aliphatic heterocycles. The second-order valence-corrected chi connectivity index (χ2v) is 5.72. The standard InChI is InChI=1S/C11H18N2O3S/c1-13(8-5-9-16-2)17(14,15)11-7-4-3-6-10(11)12/h3-4,6-7H,5,8-9,12H2,1-2H3. The number of para-hydroxylation sites is 1. The highest BCUT2D eigenvalue weighted by molar-refractivity contribution is 7.89. The van der Waals surface area contributed by atoms with Gasteiger partial charge in [-0.15, -0.1) is 0 Å². The van der Waals surface area contributed by atoms with Crippen LogP contribution in [-0.4, -0.2) is 40.0 Å². The average Bonchev–Trinajstić information content (AvgIpc) is 2.29. The highest BCUT2D eigenvalue weighted by Crippen LogP contribution is 2.20. The van der Waals surface area contributed by atoms with Gasteiger partial charge in [-0.1, -0.05) is 12.1 Å². The molecule has 6 heteroatoms. The second kappa shape index (κ2) is 6.00. The van der Waals surface area contributed by atoms with E-state index in [1.807, 2.05) is 0 Å². The molecule has 0 saturated heterocycles. The maximum Gasteiger partial charge on any atom is 0.244 e. The Hall–Kier alpha value is -1.11. The van der Waals surface area contributed by atoms with E-state index in [2.05, 4.69) is 0 Å². The molecule has 5 nitrogen and oxygen atoms in total. The van der Waals surface area contributed by atoms with Crippen molar-refractivity contribution in [2.24, 2.45) is 0 Å². The Balaban J connectivity index is 2.85. The number of rotatable bonds is 6. The molecule has 1 aromatic carbocycles. The number of benzene rings is 1. The summed E-state index contributed by atoms with van der Waals surface area (Å²) in [4.78, 5) is 0.153. The van der Waals surface area contributed by atoms with Gasteiger partial charge in [-0.05, 0) is 18.6 Å². The quantitative estimate of drug-likeness (QED) is 0.608. The van der Waals surface area contributed by atoms with Crippen molar-refractivity contribution in [3.8, 4) is 0 Å². The number of nitrogen functional groups attached to an aromatic ring is 1. The molecule has 0 bridgehead atoms. The number of hydrogen-bond donors (Lipinski definition) is 1. The molecule has 2 N–H and O–H groups in total. The van der Waals surface area contributed by atoms with Gasteiger partial charge in [0, 0.05) is 27.3 Å². The summed E-state index contributed by atoms with van der Waals surface area (Å²) in [6, 6.07) is 6.46. The summed E-state index contributed by atoms with van der Waals surface area (Å²) in [5, 5.41) is 0. The molecule has 1 aromatic rings. The van der Waals surface area contributed by atoms with Gasteiger partial charge in [0.1, 0.15) is 4.90 Å². The van der Waals surface area contributed by atoms with Gasteiger partial charge in [0.05, 0.1) is 5.69 Å². The highest BCUT2D eigenvalue weighted by Gasteiger charge is 2.22. The minimum Gasteiger partial charge on any atom is -0.398 e. The van der Waals surface area contributed by atoms with Gasteiger partial charge in [-0.25, -0.2) is 12.7 Å². The Labute approximate surface area is 102 Å². The van der Waals surface area contributed by atoms with E-state index < -0.39 is 10.0 Å². The van der Waals surface area contributed by atoms with Crippen molar-refractivity contribution in [3.63, 3.8) is 0 Å². The number of sulfonamides is 1. The predicted octanol–water partition coefficient (Wildman–Crippen LogP) is 0.926. The summed E-state index contributed by atoms with van der Waals surface area (Å²) < 4.78 is 30.5. The van der Waals surface area contributed by atoms with Crippen LogP contribution >= 0.6 is 0 Å². The SMILES string of the molecule is COCCCN(C)S(=O)(=O)c1ccccc1N. The van der Waals surface area contributed by atoms with E-state index in [9.17, 15) is 8.42 Å². The smallest absolute Gasteiger partial charge is 0.244 e. The van der Waals surface area contributed by atoms with Crippen molar-refractivity contribution < 1.29 is 13.2 Å². The Morgan fingerprint density at radius 3 is 2.59 bits per heavy atom. The largest absolute Gasteiger partial charge is 0.398 e. The molecule has 0 unspecified atom stereocenters. The first-order valence-corrected chi connectivity index (χ1v) is 6.74. The van der Waals surface area contributed by atoms with E-state index in [0.29, 0.717) is 19.6 Å². The molecular formula is C11H18N2O3S. The van der Waals surface area contributed by atoms with Gasteiger partial charge >= 0.3 is 0 Å². The highest BCUT2D eigenvalue weighted by atomic mass is 32.2. The zero-order chi connectivity index (χ0) is 12.9. The predicted molar refractivity (Wildman–Crippen MR) is 67.2 cm³/mol. The molecule has 1 rings (SSSR count). The fourth-order valence-electron chi connectivity index (χ4n) is 1.44. The third-order valence-electron chi connectivity index (χ3n) is 2.43. The third kappa shape index (κ3) is 3.42. The van der Waals surface area contributed by atoms with Crippen LogP contribution in [0.5, 0.6) is 0 Å². The van der Waals surface area contributed by atoms with Crippen LogP contribution in [0.25, 0.3) is 0 Å². The summed E-state index contributed by atoms with van der Waals surface area (Å²) in [7, 11) is -0.371. The van der Waals surface area contributed by atoms with Gasteiger partial charge in [0.15, 0.2) is 0 Å². The van der Waals surface area contributed by atoms with Crippen molar-refractivity contribution in [1.29, 1.82) is 0 Å². The van der Waals surface area contributed by atoms with Gasteiger partial charge in [-0.2, -0.15) is 0 Å². The van der Waals surface area contributed by atoms with Crippen molar-refractivity contribution in [3.05, 3.63) is 24.3 Å². The average molecular weight is 258 g/mol. The number of nitrogens with zero attached hydrogens (tertiary/aromatic N) is 1. The van der Waals surface area contributed by atoms with Crippen LogP contribution in [0, 0.1) is 0 Å². The van der Waals surface area contributed by atoms with Crippen LogP contribution in [0.4, 0.5) is 5.69 Å². The minimum atomic E-state index is -3.50. The molecule has 0 saturated carbocycles. The first-order chi connectivity index (χ1) is 8.00. The van der Waals surface area contributed by atoms with Crippen LogP contribution in [0.15, 0.2) is 29.2 Å². The summed E-state index contributed by atoms with van der Waals surface area (Å²) >= 11 is 0. The molecule has 96 valence electrons. The number of ether oxygens (including phenoxy) is 1. The Morgan fingerprint density at radius 1 is 1.35 bits per heavy atom. The fourth-order valence-corrected chi connectivity index (χ4v) is 2.76. The van der Waals surface area contributed by atoms with Crippen LogP contribution in [0.3, 0.4) is 0 Å². The van der Waals surface area contributed by atoms with Gasteiger partial charge in [0.25, 0.3) is 0 Å². The molecule has 17 heavy (non-hydrogen) atoms. The van der Waals surface area contributed by atoms with E-state index in [0.717, 1.165) is 0 Å². The summed E-state index contributed by atoms with van der Waals surface area (Å²) in [5.41, 5.74) is 5.94. The Kier molecular flexibility index (Phi) is 4.92. The Bertz CT molecular complexity index is 460. The summed E-state index contributed by atoms with van der Waals surface area (Å²) in [5.74, 6) is 0.